The van der Waals surface area contributed by atoms with Crippen LogP contribution >= 0.6 is 0 Å². The smallest absolute Gasteiger partial charge is 0.359 e. The lowest BCUT2D eigenvalue weighted by molar-refractivity contribution is -0.164. The van der Waals surface area contributed by atoms with Crippen LogP contribution in [0.25, 0.3) is 0 Å². The molecule has 0 unspecified atom stereocenters. The molecule has 10 nitrogen and oxygen atoms in total. The number of carbonyl (C=O) groups is 4. The molecule has 2 aromatic carbocycles. The van der Waals surface area contributed by atoms with Crippen molar-refractivity contribution >= 4 is 23.9 Å². The molecule has 0 atom stereocenters. The molecule has 0 aliphatic rings. The van der Waals surface area contributed by atoms with Crippen LogP contribution < -0.4 is 9.47 Å². The summed E-state index contributed by atoms with van der Waals surface area (Å²) >= 11 is 0. The van der Waals surface area contributed by atoms with Crippen molar-refractivity contribution < 1.29 is 47.6 Å². The molecule has 0 aromatic heterocycles. The Hall–Kier alpha value is -4.08. The van der Waals surface area contributed by atoms with Gasteiger partial charge in [-0.15, -0.1) is 0 Å². The fourth-order valence-electron chi connectivity index (χ4n) is 3.15. The number of esters is 4. The Bertz CT molecular complexity index is 925. The molecular weight excluding hydrogens is 460 g/mol. The van der Waals surface area contributed by atoms with Crippen molar-refractivity contribution in [2.24, 2.45) is 0 Å². The van der Waals surface area contributed by atoms with Crippen LogP contribution in [-0.2, 0) is 43.5 Å². The Morgan fingerprint density at radius 2 is 0.800 bits per heavy atom. The molecule has 0 spiro atoms. The second-order valence-electron chi connectivity index (χ2n) is 7.76. The highest BCUT2D eigenvalue weighted by Gasteiger charge is 2.32. The molecule has 0 N–H and O–H groups in total. The molecule has 0 heterocycles. The maximum absolute atomic E-state index is 11.8. The van der Waals surface area contributed by atoms with Gasteiger partial charge in [0.15, 0.2) is 0 Å². The molecule has 0 aliphatic heterocycles. The molecular formula is C25H28O10. The van der Waals surface area contributed by atoms with E-state index in [4.69, 9.17) is 9.47 Å². The minimum Gasteiger partial charge on any atom is -0.467 e. The zero-order valence-corrected chi connectivity index (χ0v) is 20.4. The van der Waals surface area contributed by atoms with Crippen LogP contribution in [0.4, 0.5) is 0 Å². The molecule has 0 amide bonds. The van der Waals surface area contributed by atoms with Crippen LogP contribution in [-0.4, -0.2) is 64.5 Å². The largest absolute Gasteiger partial charge is 0.467 e. The van der Waals surface area contributed by atoms with Gasteiger partial charge in [0, 0.05) is 5.41 Å². The first kappa shape index (κ1) is 27.2. The van der Waals surface area contributed by atoms with E-state index >= 15 is 0 Å². The molecule has 188 valence electrons. The summed E-state index contributed by atoms with van der Waals surface area (Å²) in [6, 6.07) is 13.7. The van der Waals surface area contributed by atoms with E-state index in [0.29, 0.717) is 0 Å². The minimum atomic E-state index is -1.53. The van der Waals surface area contributed by atoms with Gasteiger partial charge in [0.1, 0.15) is 11.5 Å². The van der Waals surface area contributed by atoms with Gasteiger partial charge in [0.25, 0.3) is 12.2 Å². The molecule has 0 aliphatic carbocycles. The van der Waals surface area contributed by atoms with Gasteiger partial charge >= 0.3 is 23.9 Å². The maximum Gasteiger partial charge on any atom is 0.359 e. The van der Waals surface area contributed by atoms with Crippen LogP contribution in [0, 0.1) is 0 Å². The van der Waals surface area contributed by atoms with E-state index < -0.39 is 41.5 Å². The number of methoxy groups -OCH3 is 4. The zero-order chi connectivity index (χ0) is 26.2. The van der Waals surface area contributed by atoms with E-state index in [9.17, 15) is 19.2 Å². The number of hydrogen-bond acceptors (Lipinski definition) is 10. The number of benzene rings is 2. The standard InChI is InChI=1S/C25H28O10/c1-25(2,15-7-11-17(12-8-15)34-19(21(26)30-3)22(27)31-4)16-9-13-18(14-10-16)35-20(23(28)32-5)24(29)33-6/h7-14,19-20H,1-6H3. The Kier molecular flexibility index (Phi) is 9.21. The van der Waals surface area contributed by atoms with Crippen LogP contribution in [0.1, 0.15) is 25.0 Å². The Balaban J connectivity index is 2.20. The van der Waals surface area contributed by atoms with Crippen molar-refractivity contribution in [3.05, 3.63) is 59.7 Å². The second kappa shape index (κ2) is 11.9. The third-order valence-electron chi connectivity index (χ3n) is 5.32. The Morgan fingerprint density at radius 3 is 1.03 bits per heavy atom. The van der Waals surface area contributed by atoms with Gasteiger partial charge in [-0.2, -0.15) is 0 Å². The average Bonchev–Trinajstić information content (AvgIpc) is 2.89. The van der Waals surface area contributed by atoms with Crippen LogP contribution in [0.15, 0.2) is 48.5 Å². The minimum absolute atomic E-state index is 0.283. The lowest BCUT2D eigenvalue weighted by Gasteiger charge is -2.27. The van der Waals surface area contributed by atoms with Gasteiger partial charge in [-0.1, -0.05) is 38.1 Å². The van der Waals surface area contributed by atoms with Crippen LogP contribution in [0.3, 0.4) is 0 Å². The monoisotopic (exact) mass is 488 g/mol. The lowest BCUT2D eigenvalue weighted by Crippen LogP contribution is -2.37. The summed E-state index contributed by atoms with van der Waals surface area (Å²) < 4.78 is 29.3. The molecule has 35 heavy (non-hydrogen) atoms. The number of ether oxygens (including phenoxy) is 6. The van der Waals surface area contributed by atoms with E-state index in [1.165, 1.54) is 0 Å². The van der Waals surface area contributed by atoms with Crippen molar-refractivity contribution in [1.82, 2.24) is 0 Å². The van der Waals surface area contributed by atoms with Crippen LogP contribution in [0.5, 0.6) is 11.5 Å². The molecule has 0 saturated heterocycles. The van der Waals surface area contributed by atoms with Crippen molar-refractivity contribution in [2.75, 3.05) is 28.4 Å². The topological polar surface area (TPSA) is 124 Å². The summed E-state index contributed by atoms with van der Waals surface area (Å²) in [6.07, 6.45) is -3.06. The predicted molar refractivity (Wildman–Crippen MR) is 122 cm³/mol. The molecule has 0 fully saturated rings. The third-order valence-corrected chi connectivity index (χ3v) is 5.32. The summed E-state index contributed by atoms with van der Waals surface area (Å²) in [5.41, 5.74) is 1.35. The number of hydrogen-bond donors (Lipinski definition) is 0. The highest BCUT2D eigenvalue weighted by atomic mass is 16.6. The van der Waals surface area contributed by atoms with Gasteiger partial charge in [0.05, 0.1) is 28.4 Å². The van der Waals surface area contributed by atoms with E-state index in [2.05, 4.69) is 18.9 Å². The predicted octanol–water partition coefficient (Wildman–Crippen LogP) is 2.20. The first-order valence-corrected chi connectivity index (χ1v) is 10.4. The molecule has 10 heteroatoms. The summed E-state index contributed by atoms with van der Waals surface area (Å²) in [6.45, 7) is 3.99. The molecule has 0 bridgehead atoms. The first-order valence-electron chi connectivity index (χ1n) is 10.4. The molecule has 2 rings (SSSR count). The first-order chi connectivity index (χ1) is 16.6. The molecule has 0 radical (unpaired) electrons. The highest BCUT2D eigenvalue weighted by molar-refractivity contribution is 5.98. The van der Waals surface area contributed by atoms with Crippen molar-refractivity contribution in [3.63, 3.8) is 0 Å². The second-order valence-corrected chi connectivity index (χ2v) is 7.76. The van der Waals surface area contributed by atoms with E-state index in [1.807, 2.05) is 13.8 Å². The van der Waals surface area contributed by atoms with Crippen molar-refractivity contribution in [2.45, 2.75) is 31.5 Å². The quantitative estimate of drug-likeness (QED) is 0.279. The summed E-state index contributed by atoms with van der Waals surface area (Å²) in [5, 5.41) is 0. The maximum atomic E-state index is 11.8. The van der Waals surface area contributed by atoms with Gasteiger partial charge in [-0.05, 0) is 35.4 Å². The van der Waals surface area contributed by atoms with Gasteiger partial charge in [-0.25, -0.2) is 19.2 Å². The summed E-state index contributed by atoms with van der Waals surface area (Å²) in [4.78, 5) is 47.3. The molecule has 2 aromatic rings. The average molecular weight is 488 g/mol. The van der Waals surface area contributed by atoms with E-state index in [1.54, 1.807) is 48.5 Å². The van der Waals surface area contributed by atoms with Crippen molar-refractivity contribution in [3.8, 4) is 11.5 Å². The highest BCUT2D eigenvalue weighted by Crippen LogP contribution is 2.33. The third kappa shape index (κ3) is 6.50. The van der Waals surface area contributed by atoms with Crippen LogP contribution in [0.2, 0.25) is 0 Å². The van der Waals surface area contributed by atoms with Crippen molar-refractivity contribution in [1.29, 1.82) is 0 Å². The Labute approximate surface area is 203 Å². The number of carbonyl (C=O) groups excluding carboxylic acids is 4. The fourth-order valence-corrected chi connectivity index (χ4v) is 3.15. The lowest BCUT2D eigenvalue weighted by atomic mass is 9.78. The Morgan fingerprint density at radius 1 is 0.543 bits per heavy atom. The SMILES string of the molecule is COC(=O)C(Oc1ccc(C(C)(C)c2ccc(OC(C(=O)OC)C(=O)OC)cc2)cc1)C(=O)OC. The molecule has 0 saturated carbocycles. The normalized spacial score (nSPS) is 11.0. The zero-order valence-electron chi connectivity index (χ0n) is 20.4. The van der Waals surface area contributed by atoms with Gasteiger partial charge in [0.2, 0.25) is 0 Å². The fraction of sp³-hybridized carbons (Fsp3) is 0.360. The summed E-state index contributed by atoms with van der Waals surface area (Å²) in [7, 11) is 4.59. The summed E-state index contributed by atoms with van der Waals surface area (Å²) in [5.74, 6) is -2.91. The van der Waals surface area contributed by atoms with E-state index in [0.717, 1.165) is 39.6 Å². The van der Waals surface area contributed by atoms with E-state index in [-0.39, 0.29) is 11.5 Å². The van der Waals surface area contributed by atoms with Gasteiger partial charge in [-0.3, -0.25) is 0 Å². The number of rotatable bonds is 10. The van der Waals surface area contributed by atoms with Gasteiger partial charge < -0.3 is 28.4 Å².